The summed E-state index contributed by atoms with van der Waals surface area (Å²) in [6, 6.07) is 0. The summed E-state index contributed by atoms with van der Waals surface area (Å²) >= 11 is 0. The lowest BCUT2D eigenvalue weighted by atomic mass is 9.88. The zero-order chi connectivity index (χ0) is 9.72. The molecule has 0 amide bonds. The Morgan fingerprint density at radius 3 is 1.83 bits per heavy atom. The summed E-state index contributed by atoms with van der Waals surface area (Å²) in [5, 5.41) is 0. The summed E-state index contributed by atoms with van der Waals surface area (Å²) in [5.41, 5.74) is 3.28. The Morgan fingerprint density at radius 1 is 1.08 bits per heavy atom. The van der Waals surface area contributed by atoms with Gasteiger partial charge in [0.15, 0.2) is 0 Å². The van der Waals surface area contributed by atoms with Crippen molar-refractivity contribution in [2.75, 3.05) is 0 Å². The van der Waals surface area contributed by atoms with E-state index in [9.17, 15) is 0 Å². The fraction of sp³-hybridized carbons (Fsp3) is 0.833. The van der Waals surface area contributed by atoms with Gasteiger partial charge in [-0.05, 0) is 31.6 Å². The topological polar surface area (TPSA) is 0 Å². The monoisotopic (exact) mass is 168 g/mol. The van der Waals surface area contributed by atoms with Gasteiger partial charge in [0.1, 0.15) is 0 Å². The van der Waals surface area contributed by atoms with E-state index >= 15 is 0 Å². The highest BCUT2D eigenvalue weighted by Crippen LogP contribution is 2.24. The average Bonchev–Trinajstić information content (AvgIpc) is 2.03. The Hall–Kier alpha value is -0.260. The minimum absolute atomic E-state index is 0.726. The first kappa shape index (κ1) is 11.7. The zero-order valence-corrected chi connectivity index (χ0v) is 9.57. The van der Waals surface area contributed by atoms with Crippen LogP contribution >= 0.6 is 0 Å². The van der Waals surface area contributed by atoms with Crippen LogP contribution in [0, 0.1) is 11.8 Å². The predicted octanol–water partition coefficient (Wildman–Crippen LogP) is 4.42. The van der Waals surface area contributed by atoms with E-state index in [4.69, 9.17) is 0 Å². The molecule has 0 aliphatic heterocycles. The molecule has 0 heterocycles. The van der Waals surface area contributed by atoms with Crippen LogP contribution in [-0.4, -0.2) is 0 Å². The third-order valence-corrected chi connectivity index (χ3v) is 2.94. The summed E-state index contributed by atoms with van der Waals surface area (Å²) in [5.74, 6) is 1.49. The number of hydrogen-bond acceptors (Lipinski definition) is 0. The van der Waals surface area contributed by atoms with Gasteiger partial charge in [-0.3, -0.25) is 0 Å². The molecule has 1 unspecified atom stereocenters. The van der Waals surface area contributed by atoms with Crippen LogP contribution in [-0.2, 0) is 0 Å². The van der Waals surface area contributed by atoms with Gasteiger partial charge in [-0.1, -0.05) is 45.8 Å². The SMILES string of the molecule is CCC(=C(C)C(C)CC)C(C)C. The molecule has 0 aromatic heterocycles. The van der Waals surface area contributed by atoms with E-state index in [2.05, 4.69) is 41.5 Å². The number of hydrogen-bond donors (Lipinski definition) is 0. The molecule has 1 atom stereocenters. The van der Waals surface area contributed by atoms with Crippen LogP contribution in [0.3, 0.4) is 0 Å². The quantitative estimate of drug-likeness (QED) is 0.545. The fourth-order valence-electron chi connectivity index (χ4n) is 1.77. The molecule has 0 aliphatic carbocycles. The van der Waals surface area contributed by atoms with Crippen molar-refractivity contribution >= 4 is 0 Å². The van der Waals surface area contributed by atoms with Gasteiger partial charge in [-0.25, -0.2) is 0 Å². The molecule has 0 N–H and O–H groups in total. The second-order valence-electron chi connectivity index (χ2n) is 4.03. The Labute approximate surface area is 78.1 Å². The Morgan fingerprint density at radius 2 is 1.58 bits per heavy atom. The van der Waals surface area contributed by atoms with Crippen molar-refractivity contribution < 1.29 is 0 Å². The lowest BCUT2D eigenvalue weighted by Gasteiger charge is -2.18. The third kappa shape index (κ3) is 3.00. The molecule has 0 nitrogen and oxygen atoms in total. The minimum atomic E-state index is 0.726. The maximum absolute atomic E-state index is 2.33. The van der Waals surface area contributed by atoms with Crippen LogP contribution in [0.25, 0.3) is 0 Å². The van der Waals surface area contributed by atoms with Gasteiger partial charge in [-0.2, -0.15) is 0 Å². The van der Waals surface area contributed by atoms with Crippen molar-refractivity contribution in [3.63, 3.8) is 0 Å². The maximum Gasteiger partial charge on any atom is -0.0234 e. The van der Waals surface area contributed by atoms with E-state index in [1.807, 2.05) is 0 Å². The van der Waals surface area contributed by atoms with Crippen molar-refractivity contribution in [3.05, 3.63) is 11.1 Å². The van der Waals surface area contributed by atoms with Crippen molar-refractivity contribution in [2.24, 2.45) is 11.8 Å². The molecule has 0 aromatic carbocycles. The van der Waals surface area contributed by atoms with Crippen molar-refractivity contribution in [1.82, 2.24) is 0 Å². The van der Waals surface area contributed by atoms with Crippen molar-refractivity contribution in [2.45, 2.75) is 54.4 Å². The van der Waals surface area contributed by atoms with E-state index in [0.717, 1.165) is 11.8 Å². The Balaban J connectivity index is 4.59. The average molecular weight is 168 g/mol. The van der Waals surface area contributed by atoms with E-state index in [-0.39, 0.29) is 0 Å². The molecule has 0 rings (SSSR count). The first-order valence-electron chi connectivity index (χ1n) is 5.24. The van der Waals surface area contributed by atoms with Gasteiger partial charge in [0, 0.05) is 0 Å². The lowest BCUT2D eigenvalue weighted by Crippen LogP contribution is -2.03. The van der Waals surface area contributed by atoms with Gasteiger partial charge in [0.2, 0.25) is 0 Å². The molecule has 0 heteroatoms. The number of rotatable bonds is 4. The lowest BCUT2D eigenvalue weighted by molar-refractivity contribution is 0.613. The smallest absolute Gasteiger partial charge is 0.0234 e. The van der Waals surface area contributed by atoms with Crippen LogP contribution in [0.1, 0.15) is 54.4 Å². The standard InChI is InChI=1S/C12H24/c1-7-10(5)11(6)12(8-2)9(3)4/h9-10H,7-8H2,1-6H3. The molecule has 0 fully saturated rings. The van der Waals surface area contributed by atoms with Crippen LogP contribution < -0.4 is 0 Å². The summed E-state index contributed by atoms with van der Waals surface area (Å²) in [7, 11) is 0. The molecule has 0 saturated heterocycles. The van der Waals surface area contributed by atoms with E-state index < -0.39 is 0 Å². The van der Waals surface area contributed by atoms with E-state index in [0.29, 0.717) is 0 Å². The van der Waals surface area contributed by atoms with E-state index in [1.165, 1.54) is 12.8 Å². The molecule has 0 radical (unpaired) electrons. The molecule has 0 aromatic rings. The summed E-state index contributed by atoms with van der Waals surface area (Å²) in [4.78, 5) is 0. The van der Waals surface area contributed by atoms with Crippen LogP contribution in [0.4, 0.5) is 0 Å². The molecule has 0 aliphatic rings. The van der Waals surface area contributed by atoms with E-state index in [1.54, 1.807) is 11.1 Å². The predicted molar refractivity (Wildman–Crippen MR) is 57.3 cm³/mol. The van der Waals surface area contributed by atoms with Crippen LogP contribution in [0.2, 0.25) is 0 Å². The maximum atomic E-state index is 2.33. The molecule has 0 spiro atoms. The molecule has 0 saturated carbocycles. The van der Waals surface area contributed by atoms with Crippen LogP contribution in [0.15, 0.2) is 11.1 Å². The second kappa shape index (κ2) is 5.40. The van der Waals surface area contributed by atoms with Crippen LogP contribution in [0.5, 0.6) is 0 Å². The summed E-state index contributed by atoms with van der Waals surface area (Å²) in [6.07, 6.45) is 2.48. The Bertz CT molecular complexity index is 151. The first-order chi connectivity index (χ1) is 5.54. The summed E-state index contributed by atoms with van der Waals surface area (Å²) < 4.78 is 0. The third-order valence-electron chi connectivity index (χ3n) is 2.94. The summed E-state index contributed by atoms with van der Waals surface area (Å²) in [6.45, 7) is 13.7. The molecular formula is C12H24. The minimum Gasteiger partial charge on any atom is -0.0711 e. The molecule has 0 bridgehead atoms. The first-order valence-corrected chi connectivity index (χ1v) is 5.24. The second-order valence-corrected chi connectivity index (χ2v) is 4.03. The zero-order valence-electron chi connectivity index (χ0n) is 9.57. The Kier molecular flexibility index (Phi) is 5.28. The normalized spacial score (nSPS) is 16.2. The molecule has 12 heavy (non-hydrogen) atoms. The van der Waals surface area contributed by atoms with Gasteiger partial charge in [0.05, 0.1) is 0 Å². The highest BCUT2D eigenvalue weighted by atomic mass is 14.1. The number of allylic oxidation sites excluding steroid dienone is 2. The van der Waals surface area contributed by atoms with Gasteiger partial charge < -0.3 is 0 Å². The van der Waals surface area contributed by atoms with Crippen molar-refractivity contribution in [3.8, 4) is 0 Å². The van der Waals surface area contributed by atoms with Gasteiger partial charge >= 0.3 is 0 Å². The van der Waals surface area contributed by atoms with Crippen molar-refractivity contribution in [1.29, 1.82) is 0 Å². The largest absolute Gasteiger partial charge is 0.0711 e. The molecular weight excluding hydrogens is 144 g/mol. The highest BCUT2D eigenvalue weighted by Gasteiger charge is 2.09. The highest BCUT2D eigenvalue weighted by molar-refractivity contribution is 5.15. The molecule has 72 valence electrons. The fourth-order valence-corrected chi connectivity index (χ4v) is 1.77. The van der Waals surface area contributed by atoms with Gasteiger partial charge in [-0.15, -0.1) is 0 Å². The van der Waals surface area contributed by atoms with Gasteiger partial charge in [0.25, 0.3) is 0 Å².